The van der Waals surface area contributed by atoms with Crippen LogP contribution in [0.1, 0.15) is 11.1 Å². The Balaban J connectivity index is 1.45. The van der Waals surface area contributed by atoms with Gasteiger partial charge < -0.3 is 9.88 Å². The highest BCUT2D eigenvalue weighted by atomic mass is 16.6. The zero-order valence-corrected chi connectivity index (χ0v) is 15.6. The van der Waals surface area contributed by atoms with Gasteiger partial charge in [-0.1, -0.05) is 12.1 Å². The van der Waals surface area contributed by atoms with Gasteiger partial charge in [-0.15, -0.1) is 0 Å². The van der Waals surface area contributed by atoms with E-state index >= 15 is 0 Å². The number of hydrogen-bond acceptors (Lipinski definition) is 5. The summed E-state index contributed by atoms with van der Waals surface area (Å²) >= 11 is 0. The third-order valence-corrected chi connectivity index (χ3v) is 4.77. The summed E-state index contributed by atoms with van der Waals surface area (Å²) in [5.41, 5.74) is 3.39. The molecule has 1 amide bonds. The summed E-state index contributed by atoms with van der Waals surface area (Å²) in [6.45, 7) is 0.457. The average molecular weight is 390 g/mol. The number of non-ortho nitro benzene ring substituents is 1. The monoisotopic (exact) mass is 390 g/mol. The van der Waals surface area contributed by atoms with Gasteiger partial charge in [0.2, 0.25) is 5.91 Å². The standard InChI is InChI=1S/C20H18N6O3/c1-24(11-14-2-4-16(5-3-14)25-13-21-12-23-25)20(27)8-15-10-22-19-7-6-17(26(28)29)9-18(15)19/h2-7,9-10,12-13,22H,8,11H2,1H3. The number of aromatic nitrogens is 4. The number of rotatable bonds is 6. The zero-order chi connectivity index (χ0) is 20.4. The molecule has 4 aromatic rings. The molecule has 2 heterocycles. The molecule has 0 unspecified atom stereocenters. The predicted molar refractivity (Wildman–Crippen MR) is 106 cm³/mol. The number of aromatic amines is 1. The molecule has 0 saturated heterocycles. The van der Waals surface area contributed by atoms with Gasteiger partial charge >= 0.3 is 0 Å². The minimum atomic E-state index is -0.437. The average Bonchev–Trinajstić information content (AvgIpc) is 3.38. The number of carbonyl (C=O) groups is 1. The number of nitrogens with zero attached hydrogens (tertiary/aromatic N) is 5. The second-order valence-corrected chi connectivity index (χ2v) is 6.73. The first-order chi connectivity index (χ1) is 14.0. The van der Waals surface area contributed by atoms with Crippen LogP contribution in [0.15, 0.2) is 61.3 Å². The highest BCUT2D eigenvalue weighted by molar-refractivity contribution is 5.90. The summed E-state index contributed by atoms with van der Waals surface area (Å²) in [6.07, 6.45) is 4.98. The third-order valence-electron chi connectivity index (χ3n) is 4.77. The van der Waals surface area contributed by atoms with Crippen molar-refractivity contribution in [2.45, 2.75) is 13.0 Å². The van der Waals surface area contributed by atoms with E-state index in [2.05, 4.69) is 15.1 Å². The molecule has 0 aliphatic carbocycles. The van der Waals surface area contributed by atoms with E-state index in [-0.39, 0.29) is 18.0 Å². The Morgan fingerprint density at radius 1 is 1.24 bits per heavy atom. The second-order valence-electron chi connectivity index (χ2n) is 6.73. The van der Waals surface area contributed by atoms with Crippen molar-refractivity contribution in [2.75, 3.05) is 7.05 Å². The highest BCUT2D eigenvalue weighted by Gasteiger charge is 2.15. The van der Waals surface area contributed by atoms with E-state index in [1.54, 1.807) is 35.2 Å². The Labute approximate surface area is 165 Å². The van der Waals surface area contributed by atoms with Gasteiger partial charge in [0, 0.05) is 42.8 Å². The molecule has 4 rings (SSSR count). The maximum absolute atomic E-state index is 12.7. The largest absolute Gasteiger partial charge is 0.361 e. The molecule has 0 radical (unpaired) electrons. The molecule has 2 aromatic carbocycles. The number of nitrogens with one attached hydrogen (secondary N) is 1. The number of nitro benzene ring substituents is 1. The molecule has 146 valence electrons. The molecule has 0 spiro atoms. The molecule has 0 bridgehead atoms. The molecule has 0 saturated carbocycles. The summed E-state index contributed by atoms with van der Waals surface area (Å²) in [4.78, 5) is 31.9. The lowest BCUT2D eigenvalue weighted by atomic mass is 10.1. The van der Waals surface area contributed by atoms with Gasteiger partial charge in [0.25, 0.3) is 5.69 Å². The van der Waals surface area contributed by atoms with Crippen molar-refractivity contribution in [1.29, 1.82) is 0 Å². The minimum Gasteiger partial charge on any atom is -0.361 e. The van der Waals surface area contributed by atoms with Crippen LogP contribution in [0.25, 0.3) is 16.6 Å². The molecule has 9 heteroatoms. The molecule has 29 heavy (non-hydrogen) atoms. The lowest BCUT2D eigenvalue weighted by Crippen LogP contribution is -2.27. The van der Waals surface area contributed by atoms with Gasteiger partial charge in [-0.2, -0.15) is 5.10 Å². The maximum atomic E-state index is 12.7. The summed E-state index contributed by atoms with van der Waals surface area (Å²) < 4.78 is 1.66. The molecular weight excluding hydrogens is 372 g/mol. The van der Waals surface area contributed by atoms with E-state index in [0.29, 0.717) is 11.9 Å². The van der Waals surface area contributed by atoms with E-state index in [4.69, 9.17) is 0 Å². The zero-order valence-electron chi connectivity index (χ0n) is 15.6. The number of hydrogen-bond donors (Lipinski definition) is 1. The van der Waals surface area contributed by atoms with Crippen molar-refractivity contribution < 1.29 is 9.72 Å². The number of nitro groups is 1. The number of likely N-dealkylation sites (N-methyl/N-ethyl adjacent to an activating group) is 1. The summed E-state index contributed by atoms with van der Waals surface area (Å²) in [5, 5.41) is 15.8. The van der Waals surface area contributed by atoms with Crippen molar-refractivity contribution in [3.05, 3.63) is 82.6 Å². The van der Waals surface area contributed by atoms with Crippen molar-refractivity contribution in [3.63, 3.8) is 0 Å². The summed E-state index contributed by atoms with van der Waals surface area (Å²) in [5.74, 6) is -0.0715. The topological polar surface area (TPSA) is 110 Å². The normalized spacial score (nSPS) is 10.9. The summed E-state index contributed by atoms with van der Waals surface area (Å²) in [7, 11) is 1.74. The first-order valence-corrected chi connectivity index (χ1v) is 8.93. The lowest BCUT2D eigenvalue weighted by Gasteiger charge is -2.17. The fraction of sp³-hybridized carbons (Fsp3) is 0.150. The van der Waals surface area contributed by atoms with Crippen LogP contribution in [0.3, 0.4) is 0 Å². The first kappa shape index (κ1) is 18.4. The smallest absolute Gasteiger partial charge is 0.270 e. The fourth-order valence-electron chi connectivity index (χ4n) is 3.18. The van der Waals surface area contributed by atoms with E-state index in [1.807, 2.05) is 24.3 Å². The van der Waals surface area contributed by atoms with Crippen LogP contribution in [0.5, 0.6) is 0 Å². The Hall–Kier alpha value is -4.01. The number of carbonyl (C=O) groups excluding carboxylic acids is 1. The molecule has 0 aliphatic heterocycles. The second kappa shape index (κ2) is 7.55. The number of H-pyrrole nitrogens is 1. The van der Waals surface area contributed by atoms with Crippen LogP contribution in [0.2, 0.25) is 0 Å². The van der Waals surface area contributed by atoms with Gasteiger partial charge in [0.05, 0.1) is 17.0 Å². The molecule has 0 fully saturated rings. The van der Waals surface area contributed by atoms with E-state index in [1.165, 1.54) is 18.5 Å². The number of fused-ring (bicyclic) bond motifs is 1. The fourth-order valence-corrected chi connectivity index (χ4v) is 3.18. The minimum absolute atomic E-state index is 0.00613. The Kier molecular flexibility index (Phi) is 4.78. The Morgan fingerprint density at radius 2 is 2.03 bits per heavy atom. The predicted octanol–water partition coefficient (Wildman–Crippen LogP) is 2.86. The highest BCUT2D eigenvalue weighted by Crippen LogP contribution is 2.24. The van der Waals surface area contributed by atoms with Gasteiger partial charge in [0.15, 0.2) is 0 Å². The van der Waals surface area contributed by atoms with Gasteiger partial charge in [-0.05, 0) is 29.3 Å². The van der Waals surface area contributed by atoms with Crippen molar-refractivity contribution in [3.8, 4) is 5.69 Å². The van der Waals surface area contributed by atoms with Crippen LogP contribution in [-0.2, 0) is 17.8 Å². The quantitative estimate of drug-likeness (QED) is 0.402. The molecule has 0 aliphatic rings. The SMILES string of the molecule is CN(Cc1ccc(-n2cncn2)cc1)C(=O)Cc1c[nH]c2ccc([N+](=O)[O-])cc12. The third kappa shape index (κ3) is 3.84. The van der Waals surface area contributed by atoms with Gasteiger partial charge in [-0.3, -0.25) is 14.9 Å². The van der Waals surface area contributed by atoms with E-state index in [0.717, 1.165) is 22.3 Å². The Morgan fingerprint density at radius 3 is 2.72 bits per heavy atom. The molecule has 0 atom stereocenters. The molecular formula is C20H18N6O3. The Bertz CT molecular complexity index is 1160. The maximum Gasteiger partial charge on any atom is 0.270 e. The number of amides is 1. The van der Waals surface area contributed by atoms with Crippen molar-refractivity contribution in [2.24, 2.45) is 0 Å². The van der Waals surface area contributed by atoms with Crippen molar-refractivity contribution in [1.82, 2.24) is 24.6 Å². The molecule has 1 N–H and O–H groups in total. The van der Waals surface area contributed by atoms with Gasteiger partial charge in [0.1, 0.15) is 12.7 Å². The molecule has 2 aromatic heterocycles. The van der Waals surface area contributed by atoms with E-state index in [9.17, 15) is 14.9 Å². The van der Waals surface area contributed by atoms with Crippen LogP contribution in [0.4, 0.5) is 5.69 Å². The number of benzene rings is 2. The van der Waals surface area contributed by atoms with Gasteiger partial charge in [-0.25, -0.2) is 9.67 Å². The van der Waals surface area contributed by atoms with E-state index < -0.39 is 4.92 Å². The van der Waals surface area contributed by atoms with Crippen LogP contribution in [0, 0.1) is 10.1 Å². The van der Waals surface area contributed by atoms with Crippen molar-refractivity contribution >= 4 is 22.5 Å². The molecule has 9 nitrogen and oxygen atoms in total. The lowest BCUT2D eigenvalue weighted by molar-refractivity contribution is -0.384. The summed E-state index contributed by atoms with van der Waals surface area (Å²) in [6, 6.07) is 12.3. The first-order valence-electron chi connectivity index (χ1n) is 8.93. The van der Waals surface area contributed by atoms with Crippen LogP contribution in [-0.4, -0.2) is 42.5 Å². The van der Waals surface area contributed by atoms with Crippen LogP contribution >= 0.6 is 0 Å². The van der Waals surface area contributed by atoms with Crippen LogP contribution < -0.4 is 0 Å².